The van der Waals surface area contributed by atoms with Gasteiger partial charge < -0.3 is 9.84 Å². The number of rotatable bonds is 6. The highest BCUT2D eigenvalue weighted by Crippen LogP contribution is 2.30. The average molecular weight is 404 g/mol. The number of phenols is 1. The van der Waals surface area contributed by atoms with Crippen molar-refractivity contribution in [1.82, 2.24) is 0 Å². The van der Waals surface area contributed by atoms with Crippen molar-refractivity contribution in [2.75, 3.05) is 12.8 Å². The Labute approximate surface area is 174 Å². The van der Waals surface area contributed by atoms with Crippen LogP contribution >= 0.6 is 11.3 Å². The Balaban J connectivity index is 1.60. The van der Waals surface area contributed by atoms with Crippen LogP contribution in [0.15, 0.2) is 78.2 Å². The fourth-order valence-electron chi connectivity index (χ4n) is 3.46. The summed E-state index contributed by atoms with van der Waals surface area (Å²) in [5.41, 5.74) is 11.7. The zero-order valence-electron chi connectivity index (χ0n) is 16.1. The lowest BCUT2D eigenvalue weighted by Crippen LogP contribution is -2.17. The van der Waals surface area contributed by atoms with Crippen LogP contribution in [-0.2, 0) is 6.42 Å². The number of nitrogens with one attached hydrogen (secondary N) is 1. The lowest BCUT2D eigenvalue weighted by molar-refractivity contribution is -0.368. The minimum Gasteiger partial charge on any atom is -0.508 e. The van der Waals surface area contributed by atoms with E-state index < -0.39 is 0 Å². The third-order valence-electron chi connectivity index (χ3n) is 5.07. The number of aromatic amines is 1. The quantitative estimate of drug-likeness (QED) is 0.481. The molecule has 0 aliphatic rings. The Morgan fingerprint density at radius 3 is 2.10 bits per heavy atom. The first-order valence-corrected chi connectivity index (χ1v) is 10.3. The van der Waals surface area contributed by atoms with Gasteiger partial charge in [-0.1, -0.05) is 59.9 Å². The van der Waals surface area contributed by atoms with Gasteiger partial charge >= 0.3 is 5.13 Å². The van der Waals surface area contributed by atoms with Gasteiger partial charge in [-0.3, -0.25) is 5.73 Å². The number of aromatic nitrogens is 1. The highest BCUT2D eigenvalue weighted by molar-refractivity contribution is 7.13. The molecule has 0 aliphatic heterocycles. The number of methoxy groups -OCH3 is 1. The molecule has 5 heteroatoms. The molecule has 0 aliphatic carbocycles. The van der Waals surface area contributed by atoms with Crippen molar-refractivity contribution in [2.24, 2.45) is 0 Å². The van der Waals surface area contributed by atoms with Crippen LogP contribution in [-0.4, -0.2) is 12.2 Å². The van der Waals surface area contributed by atoms with Gasteiger partial charge in [0.25, 0.3) is 0 Å². The third kappa shape index (κ3) is 4.41. The number of aromatic hydroxyl groups is 1. The number of ether oxygens (including phenoxy) is 1. The molecule has 4 rings (SSSR count). The van der Waals surface area contributed by atoms with Crippen LogP contribution in [0, 0.1) is 0 Å². The molecule has 0 amide bonds. The first-order valence-electron chi connectivity index (χ1n) is 9.41. The number of hydrogen-bond donors (Lipinski definition) is 2. The van der Waals surface area contributed by atoms with E-state index in [1.165, 1.54) is 22.5 Å². The summed E-state index contributed by atoms with van der Waals surface area (Å²) < 4.78 is 5.30. The maximum atomic E-state index is 9.48. The van der Waals surface area contributed by atoms with Crippen LogP contribution in [0.2, 0.25) is 0 Å². The first-order chi connectivity index (χ1) is 14.1. The Morgan fingerprint density at radius 1 is 0.931 bits per heavy atom. The van der Waals surface area contributed by atoms with Crippen LogP contribution in [0.1, 0.15) is 22.7 Å². The van der Waals surface area contributed by atoms with E-state index in [0.717, 1.165) is 29.0 Å². The van der Waals surface area contributed by atoms with Crippen LogP contribution in [0.3, 0.4) is 0 Å². The van der Waals surface area contributed by atoms with Crippen LogP contribution in [0.5, 0.6) is 11.5 Å². The fraction of sp³-hybridized carbons (Fsp3) is 0.125. The number of hydrogen-bond acceptors (Lipinski definition) is 4. The number of benzene rings is 3. The smallest absolute Gasteiger partial charge is 0.329 e. The molecule has 1 aromatic heterocycles. The number of phenolic OH excluding ortho intramolecular Hbond substituents is 1. The Hall–Kier alpha value is -3.31. The van der Waals surface area contributed by atoms with Gasteiger partial charge in [0.05, 0.1) is 13.0 Å². The molecule has 0 unspecified atom stereocenters. The molecular formula is C24H23N2O2S+. The second-order valence-corrected chi connectivity index (χ2v) is 7.87. The number of anilines is 1. The summed E-state index contributed by atoms with van der Waals surface area (Å²) >= 11 is 1.52. The zero-order valence-corrected chi connectivity index (χ0v) is 16.9. The van der Waals surface area contributed by atoms with E-state index in [-0.39, 0.29) is 11.7 Å². The molecule has 0 saturated carbocycles. The maximum Gasteiger partial charge on any atom is 0.329 e. The van der Waals surface area contributed by atoms with E-state index >= 15 is 0 Å². The predicted octanol–water partition coefficient (Wildman–Crippen LogP) is 4.90. The molecule has 4 aromatic rings. The first kappa shape index (κ1) is 19.0. The van der Waals surface area contributed by atoms with Gasteiger partial charge in [0.15, 0.2) is 0 Å². The third-order valence-corrected chi connectivity index (χ3v) is 5.80. The molecule has 146 valence electrons. The summed E-state index contributed by atoms with van der Waals surface area (Å²) in [5.74, 6) is 1.30. The van der Waals surface area contributed by atoms with Crippen molar-refractivity contribution in [2.45, 2.75) is 12.3 Å². The van der Waals surface area contributed by atoms with Crippen molar-refractivity contribution in [3.05, 3.63) is 95.0 Å². The van der Waals surface area contributed by atoms with Gasteiger partial charge in [-0.25, -0.2) is 4.98 Å². The second-order valence-electron chi connectivity index (χ2n) is 6.95. The predicted molar refractivity (Wildman–Crippen MR) is 117 cm³/mol. The number of nitrogen functional groups attached to an aromatic ring is 1. The van der Waals surface area contributed by atoms with E-state index in [1.54, 1.807) is 19.2 Å². The Morgan fingerprint density at radius 2 is 1.55 bits per heavy atom. The SMILES string of the molecule is COc1ccc([C@H](Cc2ccc(-c3ccc(O)cc3)cc2)c2csc(N)[nH+]2)cc1. The normalized spacial score (nSPS) is 11.9. The standard InChI is InChI=1S/C24H22N2O2S/c1-28-21-12-8-19(9-13-21)22(23-15-29-24(25)26-23)14-16-2-4-17(5-3-16)18-6-10-20(27)11-7-18/h2-13,15,22,27H,14H2,1H3,(H2,25,26)/p+1/t22-/m0/s1. The van der Waals surface area contributed by atoms with Crippen molar-refractivity contribution in [3.8, 4) is 22.6 Å². The summed E-state index contributed by atoms with van der Waals surface area (Å²) in [6, 6.07) is 24.0. The topological polar surface area (TPSA) is 69.6 Å². The summed E-state index contributed by atoms with van der Waals surface area (Å²) in [4.78, 5) is 3.31. The molecule has 4 nitrogen and oxygen atoms in total. The molecule has 0 fully saturated rings. The van der Waals surface area contributed by atoms with Crippen molar-refractivity contribution in [3.63, 3.8) is 0 Å². The van der Waals surface area contributed by atoms with Crippen molar-refractivity contribution in [1.29, 1.82) is 0 Å². The zero-order chi connectivity index (χ0) is 20.2. The van der Waals surface area contributed by atoms with E-state index in [4.69, 9.17) is 10.5 Å². The van der Waals surface area contributed by atoms with E-state index in [2.05, 4.69) is 46.8 Å². The van der Waals surface area contributed by atoms with Gasteiger partial charge in [0, 0.05) is 5.38 Å². The molecule has 0 radical (unpaired) electrons. The largest absolute Gasteiger partial charge is 0.508 e. The van der Waals surface area contributed by atoms with E-state index in [0.29, 0.717) is 5.13 Å². The molecule has 1 atom stereocenters. The number of thiazole rings is 1. The minimum atomic E-state index is 0.175. The van der Waals surface area contributed by atoms with E-state index in [1.807, 2.05) is 24.3 Å². The molecule has 0 bridgehead atoms. The lowest BCUT2D eigenvalue weighted by Gasteiger charge is -2.15. The fourth-order valence-corrected chi connectivity index (χ4v) is 4.12. The van der Waals surface area contributed by atoms with E-state index in [9.17, 15) is 5.11 Å². The van der Waals surface area contributed by atoms with Crippen molar-refractivity contribution >= 4 is 16.5 Å². The van der Waals surface area contributed by atoms with Crippen LogP contribution in [0.25, 0.3) is 11.1 Å². The molecule has 0 saturated heterocycles. The Bertz CT molecular complexity index is 1070. The van der Waals surface area contributed by atoms with Gasteiger partial charge in [0.1, 0.15) is 17.2 Å². The van der Waals surface area contributed by atoms with Crippen molar-refractivity contribution < 1.29 is 14.8 Å². The Kier molecular flexibility index (Phi) is 5.49. The molecule has 4 N–H and O–H groups in total. The van der Waals surface area contributed by atoms with Gasteiger partial charge in [-0.05, 0) is 52.9 Å². The number of H-pyrrole nitrogens is 1. The highest BCUT2D eigenvalue weighted by Gasteiger charge is 2.20. The molecule has 3 aromatic carbocycles. The van der Waals surface area contributed by atoms with Crippen LogP contribution < -0.4 is 15.5 Å². The van der Waals surface area contributed by atoms with Gasteiger partial charge in [-0.2, -0.15) is 0 Å². The maximum absolute atomic E-state index is 9.48. The molecular weight excluding hydrogens is 380 g/mol. The minimum absolute atomic E-state index is 0.175. The molecule has 1 heterocycles. The van der Waals surface area contributed by atoms with Gasteiger partial charge in [0.2, 0.25) is 0 Å². The number of nitrogens with two attached hydrogens (primary N) is 1. The monoisotopic (exact) mass is 403 g/mol. The highest BCUT2D eigenvalue weighted by atomic mass is 32.1. The van der Waals surface area contributed by atoms with Crippen LogP contribution in [0.4, 0.5) is 5.13 Å². The summed E-state index contributed by atoms with van der Waals surface area (Å²) in [6.45, 7) is 0. The second kappa shape index (κ2) is 8.37. The van der Waals surface area contributed by atoms with Gasteiger partial charge in [-0.15, -0.1) is 0 Å². The summed E-state index contributed by atoms with van der Waals surface area (Å²) in [7, 11) is 1.68. The summed E-state index contributed by atoms with van der Waals surface area (Å²) in [5, 5.41) is 12.3. The summed E-state index contributed by atoms with van der Waals surface area (Å²) in [6.07, 6.45) is 0.856. The molecule has 29 heavy (non-hydrogen) atoms. The molecule has 0 spiro atoms. The average Bonchev–Trinajstić information content (AvgIpc) is 3.19. The lowest BCUT2D eigenvalue weighted by atomic mass is 9.89.